The lowest BCUT2D eigenvalue weighted by Gasteiger charge is -2.36. The molecule has 1 nitrogen and oxygen atoms in total. The molecule has 6 heteroatoms. The molecular formula is C10H24BF4N. The molecular weight excluding hydrogens is 221 g/mol. The molecule has 0 aliphatic carbocycles. The second-order valence-electron chi connectivity index (χ2n) is 3.92. The highest BCUT2D eigenvalue weighted by Gasteiger charge is 2.20. The highest BCUT2D eigenvalue weighted by molar-refractivity contribution is 6.50. The normalized spacial score (nSPS) is 12.0. The van der Waals surface area contributed by atoms with E-state index in [1.165, 1.54) is 43.5 Å². The van der Waals surface area contributed by atoms with Gasteiger partial charge >= 0.3 is 7.25 Å². The molecule has 0 radical (unpaired) electrons. The molecule has 16 heavy (non-hydrogen) atoms. The Hall–Kier alpha value is -0.255. The fourth-order valence-corrected chi connectivity index (χ4v) is 1.92. The van der Waals surface area contributed by atoms with Crippen molar-refractivity contribution in [1.82, 2.24) is 0 Å². The molecule has 0 fully saturated rings. The minimum Gasteiger partial charge on any atom is -0.418 e. The first kappa shape index (κ1) is 18.1. The summed E-state index contributed by atoms with van der Waals surface area (Å²) in [5.74, 6) is 0. The highest BCUT2D eigenvalue weighted by atomic mass is 19.5. The molecule has 0 amide bonds. The number of rotatable bonds is 6. The summed E-state index contributed by atoms with van der Waals surface area (Å²) in [6.45, 7) is 14.5. The molecule has 0 saturated heterocycles. The molecule has 0 aromatic rings. The van der Waals surface area contributed by atoms with Crippen molar-refractivity contribution in [1.29, 1.82) is 0 Å². The van der Waals surface area contributed by atoms with E-state index in [2.05, 4.69) is 27.7 Å². The van der Waals surface area contributed by atoms with Crippen LogP contribution in [0.5, 0.6) is 0 Å². The van der Waals surface area contributed by atoms with Crippen molar-refractivity contribution in [2.45, 2.75) is 40.5 Å². The average Bonchev–Trinajstić information content (AvgIpc) is 2.15. The number of hydrogen-bond acceptors (Lipinski definition) is 0. The van der Waals surface area contributed by atoms with Gasteiger partial charge in [-0.25, -0.2) is 0 Å². The van der Waals surface area contributed by atoms with Gasteiger partial charge in [-0.1, -0.05) is 13.8 Å². The fraction of sp³-hybridized carbons (Fsp3) is 1.00. The van der Waals surface area contributed by atoms with Crippen molar-refractivity contribution in [3.63, 3.8) is 0 Å². The lowest BCUT2D eigenvalue weighted by atomic mass is 10.2. The molecule has 0 aliphatic rings. The average molecular weight is 245 g/mol. The predicted octanol–water partition coefficient (Wildman–Crippen LogP) is 3.96. The van der Waals surface area contributed by atoms with Crippen LogP contribution in [0.1, 0.15) is 40.5 Å². The van der Waals surface area contributed by atoms with Crippen LogP contribution in [-0.4, -0.2) is 37.9 Å². The molecule has 0 N–H and O–H groups in total. The van der Waals surface area contributed by atoms with Crippen molar-refractivity contribution in [2.24, 2.45) is 0 Å². The lowest BCUT2D eigenvalue weighted by Crippen LogP contribution is -2.48. The third-order valence-corrected chi connectivity index (χ3v) is 2.74. The quantitative estimate of drug-likeness (QED) is 0.377. The maximum absolute atomic E-state index is 9.75. The van der Waals surface area contributed by atoms with Crippen LogP contribution >= 0.6 is 0 Å². The van der Waals surface area contributed by atoms with Gasteiger partial charge in [-0.05, 0) is 26.7 Å². The van der Waals surface area contributed by atoms with Crippen molar-refractivity contribution in [3.05, 3.63) is 0 Å². The molecule has 0 heterocycles. The van der Waals surface area contributed by atoms with E-state index in [0.717, 1.165) is 0 Å². The summed E-state index contributed by atoms with van der Waals surface area (Å²) >= 11 is 0. The van der Waals surface area contributed by atoms with Crippen LogP contribution in [0.4, 0.5) is 17.3 Å². The van der Waals surface area contributed by atoms with Crippen LogP contribution < -0.4 is 0 Å². The van der Waals surface area contributed by atoms with Crippen LogP contribution in [0.3, 0.4) is 0 Å². The standard InChI is InChI=1S/C10H24N.BF4/c1-5-9-11(7-3,8-4)10-6-2;2-1(3,4)5/h5-10H2,1-4H3;/q+1;-1. The number of halogens is 4. The van der Waals surface area contributed by atoms with Crippen molar-refractivity contribution < 1.29 is 21.7 Å². The van der Waals surface area contributed by atoms with Gasteiger partial charge in [0.2, 0.25) is 0 Å². The molecule has 100 valence electrons. The van der Waals surface area contributed by atoms with Gasteiger partial charge in [0.1, 0.15) is 0 Å². The molecule has 0 atom stereocenters. The minimum atomic E-state index is -6.00. The lowest BCUT2D eigenvalue weighted by molar-refractivity contribution is -0.925. The van der Waals surface area contributed by atoms with Crippen molar-refractivity contribution in [2.75, 3.05) is 26.2 Å². The largest absolute Gasteiger partial charge is 0.673 e. The molecule has 0 aliphatic heterocycles. The van der Waals surface area contributed by atoms with Gasteiger partial charge in [0.25, 0.3) is 0 Å². The molecule has 0 aromatic carbocycles. The Morgan fingerprint density at radius 3 is 1.12 bits per heavy atom. The molecule has 0 aromatic heterocycles. The Morgan fingerprint density at radius 1 is 0.750 bits per heavy atom. The number of hydrogen-bond donors (Lipinski definition) is 0. The Kier molecular flexibility index (Phi) is 10.0. The Balaban J connectivity index is 0. The summed E-state index contributed by atoms with van der Waals surface area (Å²) in [7, 11) is -6.00. The second kappa shape index (κ2) is 8.85. The summed E-state index contributed by atoms with van der Waals surface area (Å²) in [5, 5.41) is 0. The summed E-state index contributed by atoms with van der Waals surface area (Å²) in [4.78, 5) is 0. The summed E-state index contributed by atoms with van der Waals surface area (Å²) in [6, 6.07) is 0. The Bertz CT molecular complexity index is 143. The Labute approximate surface area is 96.5 Å². The molecule has 0 rings (SSSR count). The minimum absolute atomic E-state index is 1.30. The first-order valence-corrected chi connectivity index (χ1v) is 5.97. The van der Waals surface area contributed by atoms with Gasteiger partial charge in [-0.3, -0.25) is 0 Å². The van der Waals surface area contributed by atoms with Crippen LogP contribution in [0, 0.1) is 0 Å². The van der Waals surface area contributed by atoms with Crippen molar-refractivity contribution in [3.8, 4) is 0 Å². The third-order valence-electron chi connectivity index (χ3n) is 2.74. The smallest absolute Gasteiger partial charge is 0.418 e. The number of quaternary nitrogens is 1. The van der Waals surface area contributed by atoms with Gasteiger partial charge in [0, 0.05) is 0 Å². The van der Waals surface area contributed by atoms with E-state index in [1.54, 1.807) is 0 Å². The summed E-state index contributed by atoms with van der Waals surface area (Å²) in [6.07, 6.45) is 2.64. The topological polar surface area (TPSA) is 0 Å². The number of nitrogens with zero attached hydrogens (tertiary/aromatic N) is 1. The van der Waals surface area contributed by atoms with Gasteiger partial charge < -0.3 is 21.7 Å². The molecule has 0 bridgehead atoms. The second-order valence-corrected chi connectivity index (χ2v) is 3.92. The van der Waals surface area contributed by atoms with E-state index in [0.29, 0.717) is 0 Å². The van der Waals surface area contributed by atoms with Gasteiger partial charge in [-0.2, -0.15) is 0 Å². The van der Waals surface area contributed by atoms with Gasteiger partial charge in [0.15, 0.2) is 0 Å². The first-order valence-electron chi connectivity index (χ1n) is 5.97. The maximum atomic E-state index is 9.75. The fourth-order valence-electron chi connectivity index (χ4n) is 1.92. The molecule has 0 spiro atoms. The highest BCUT2D eigenvalue weighted by Crippen LogP contribution is 2.08. The van der Waals surface area contributed by atoms with Crippen LogP contribution in [0.15, 0.2) is 0 Å². The predicted molar refractivity (Wildman–Crippen MR) is 61.8 cm³/mol. The molecule has 0 saturated carbocycles. The van der Waals surface area contributed by atoms with Crippen LogP contribution in [0.25, 0.3) is 0 Å². The van der Waals surface area contributed by atoms with Gasteiger partial charge in [0.05, 0.1) is 26.2 Å². The zero-order valence-electron chi connectivity index (χ0n) is 10.8. The van der Waals surface area contributed by atoms with E-state index in [-0.39, 0.29) is 0 Å². The zero-order chi connectivity index (χ0) is 13.2. The summed E-state index contributed by atoms with van der Waals surface area (Å²) in [5.41, 5.74) is 0. The van der Waals surface area contributed by atoms with E-state index in [1.807, 2.05) is 0 Å². The monoisotopic (exact) mass is 245 g/mol. The zero-order valence-corrected chi connectivity index (χ0v) is 10.8. The Morgan fingerprint density at radius 2 is 1.00 bits per heavy atom. The van der Waals surface area contributed by atoms with Crippen LogP contribution in [-0.2, 0) is 0 Å². The van der Waals surface area contributed by atoms with E-state index in [4.69, 9.17) is 0 Å². The summed E-state index contributed by atoms with van der Waals surface area (Å²) < 4.78 is 40.3. The van der Waals surface area contributed by atoms with Crippen molar-refractivity contribution >= 4 is 7.25 Å². The van der Waals surface area contributed by atoms with Gasteiger partial charge in [-0.15, -0.1) is 0 Å². The third kappa shape index (κ3) is 11.8. The van der Waals surface area contributed by atoms with E-state index < -0.39 is 7.25 Å². The van der Waals surface area contributed by atoms with Crippen LogP contribution in [0.2, 0.25) is 0 Å². The SMILES string of the molecule is CCC[N+](CC)(CC)CCC.F[B-](F)(F)F. The molecule has 0 unspecified atom stereocenters. The first-order chi connectivity index (χ1) is 7.24. The van der Waals surface area contributed by atoms with E-state index >= 15 is 0 Å². The van der Waals surface area contributed by atoms with E-state index in [9.17, 15) is 17.3 Å². The maximum Gasteiger partial charge on any atom is 0.673 e.